The minimum Gasteiger partial charge on any atom is -0.469 e. The summed E-state index contributed by atoms with van der Waals surface area (Å²) in [6.07, 6.45) is 6.04. The molecule has 2 aliphatic carbocycles. The normalized spacial score (nSPS) is 20.3. The van der Waals surface area contributed by atoms with Crippen molar-refractivity contribution in [3.63, 3.8) is 0 Å². The van der Waals surface area contributed by atoms with Gasteiger partial charge in [0.25, 0.3) is 0 Å². The number of anilines is 1. The topological polar surface area (TPSA) is 102 Å². The molecule has 2 aliphatic rings. The SMILES string of the molecule is COC(=O)CC[C@@H](CC(=O)Nc1ccc(C)cc1Cl)c1noc(C2CC(CC(C)(C)CO)C2)c1C1CC1. The highest BCUT2D eigenvalue weighted by molar-refractivity contribution is 6.33. The molecular weight excluding hydrogens is 492 g/mol. The Morgan fingerprint density at radius 3 is 2.62 bits per heavy atom. The lowest BCUT2D eigenvalue weighted by molar-refractivity contribution is -0.141. The van der Waals surface area contributed by atoms with Crippen molar-refractivity contribution in [3.05, 3.63) is 45.8 Å². The third-order valence-corrected chi connectivity index (χ3v) is 8.10. The number of aliphatic hydroxyl groups excluding tert-OH is 1. The minimum absolute atomic E-state index is 0.0752. The van der Waals surface area contributed by atoms with E-state index in [-0.39, 0.29) is 42.7 Å². The van der Waals surface area contributed by atoms with Crippen LogP contribution in [0.3, 0.4) is 0 Å². The Hall–Kier alpha value is -2.38. The van der Waals surface area contributed by atoms with Crippen molar-refractivity contribution in [1.29, 1.82) is 0 Å². The molecule has 0 spiro atoms. The molecule has 7 nitrogen and oxygen atoms in total. The summed E-state index contributed by atoms with van der Waals surface area (Å²) in [7, 11) is 1.37. The van der Waals surface area contributed by atoms with E-state index in [1.54, 1.807) is 6.07 Å². The average molecular weight is 531 g/mol. The van der Waals surface area contributed by atoms with Crippen LogP contribution in [0, 0.1) is 18.3 Å². The Morgan fingerprint density at radius 2 is 2.00 bits per heavy atom. The molecule has 8 heteroatoms. The number of aryl methyl sites for hydroxylation is 1. The number of carbonyl (C=O) groups excluding carboxylic acids is 2. The predicted molar refractivity (Wildman–Crippen MR) is 143 cm³/mol. The molecule has 202 valence electrons. The molecule has 4 rings (SSSR count). The van der Waals surface area contributed by atoms with Gasteiger partial charge in [0.15, 0.2) is 0 Å². The van der Waals surface area contributed by atoms with Gasteiger partial charge in [0, 0.05) is 36.8 Å². The largest absolute Gasteiger partial charge is 0.469 e. The van der Waals surface area contributed by atoms with E-state index in [0.717, 1.165) is 54.7 Å². The number of methoxy groups -OCH3 is 1. The van der Waals surface area contributed by atoms with Gasteiger partial charge >= 0.3 is 5.97 Å². The number of benzene rings is 1. The number of hydrogen-bond donors (Lipinski definition) is 2. The summed E-state index contributed by atoms with van der Waals surface area (Å²) in [6, 6.07) is 5.52. The highest BCUT2D eigenvalue weighted by Gasteiger charge is 2.42. The molecular formula is C29H39ClN2O5. The Labute approximate surface area is 224 Å². The van der Waals surface area contributed by atoms with Crippen LogP contribution in [0.2, 0.25) is 5.02 Å². The van der Waals surface area contributed by atoms with Crippen molar-refractivity contribution < 1.29 is 24.0 Å². The second-order valence-corrected chi connectivity index (χ2v) is 12.1. The van der Waals surface area contributed by atoms with E-state index in [4.69, 9.17) is 20.9 Å². The van der Waals surface area contributed by atoms with E-state index < -0.39 is 0 Å². The molecule has 2 aromatic rings. The second-order valence-electron chi connectivity index (χ2n) is 11.7. The van der Waals surface area contributed by atoms with Crippen LogP contribution in [0.1, 0.15) is 106 Å². The molecule has 1 aromatic heterocycles. The van der Waals surface area contributed by atoms with Gasteiger partial charge in [-0.3, -0.25) is 9.59 Å². The Kier molecular flexibility index (Phi) is 8.64. The van der Waals surface area contributed by atoms with Crippen molar-refractivity contribution in [2.45, 2.75) is 89.9 Å². The van der Waals surface area contributed by atoms with E-state index in [1.165, 1.54) is 7.11 Å². The fourth-order valence-electron chi connectivity index (χ4n) is 5.53. The summed E-state index contributed by atoms with van der Waals surface area (Å²) in [5.41, 5.74) is 3.47. The number of halogens is 1. The van der Waals surface area contributed by atoms with Crippen LogP contribution >= 0.6 is 11.6 Å². The molecule has 1 amide bonds. The smallest absolute Gasteiger partial charge is 0.305 e. The van der Waals surface area contributed by atoms with Gasteiger partial charge < -0.3 is 19.7 Å². The Morgan fingerprint density at radius 1 is 1.27 bits per heavy atom. The van der Waals surface area contributed by atoms with E-state index in [2.05, 4.69) is 24.3 Å². The van der Waals surface area contributed by atoms with Gasteiger partial charge in [0.2, 0.25) is 5.91 Å². The van der Waals surface area contributed by atoms with Crippen LogP contribution in [0.15, 0.2) is 22.7 Å². The standard InChI is InChI=1S/C29H39ClN2O5/c1-17-5-9-23(22(30)11-17)31-24(34)14-20(8-10-25(35)36-4)27-26(19-6-7-19)28(37-32-27)21-12-18(13-21)15-29(2,3)16-33/h5,9,11,18-21,33H,6-8,10,12-16H2,1-4H3,(H,31,34)/t18?,20-,21?/m0/s1. The van der Waals surface area contributed by atoms with E-state index >= 15 is 0 Å². The maximum atomic E-state index is 13.1. The van der Waals surface area contributed by atoms with E-state index in [1.807, 2.05) is 19.1 Å². The molecule has 1 aromatic carbocycles. The highest BCUT2D eigenvalue weighted by Crippen LogP contribution is 2.53. The zero-order chi connectivity index (χ0) is 26.7. The van der Waals surface area contributed by atoms with Crippen LogP contribution in [0.4, 0.5) is 5.69 Å². The van der Waals surface area contributed by atoms with Crippen molar-refractivity contribution >= 4 is 29.2 Å². The fourth-order valence-corrected chi connectivity index (χ4v) is 5.82. The van der Waals surface area contributed by atoms with Gasteiger partial charge in [-0.05, 0) is 80.4 Å². The number of hydrogen-bond acceptors (Lipinski definition) is 6. The molecule has 0 saturated heterocycles. The van der Waals surface area contributed by atoms with Crippen molar-refractivity contribution in [1.82, 2.24) is 5.16 Å². The number of rotatable bonds is 12. The third-order valence-electron chi connectivity index (χ3n) is 7.79. The number of nitrogens with zero attached hydrogens (tertiary/aromatic N) is 1. The molecule has 1 atom stereocenters. The Balaban J connectivity index is 1.51. The summed E-state index contributed by atoms with van der Waals surface area (Å²) < 4.78 is 10.8. The third kappa shape index (κ3) is 6.94. The van der Waals surface area contributed by atoms with Crippen molar-refractivity contribution in [3.8, 4) is 0 Å². The van der Waals surface area contributed by atoms with Crippen LogP contribution in [-0.2, 0) is 14.3 Å². The number of esters is 1. The number of carbonyl (C=O) groups is 2. The summed E-state index contributed by atoms with van der Waals surface area (Å²) in [5.74, 6) is 1.49. The summed E-state index contributed by atoms with van der Waals surface area (Å²) in [4.78, 5) is 25.1. The van der Waals surface area contributed by atoms with Crippen molar-refractivity contribution in [2.24, 2.45) is 11.3 Å². The number of ether oxygens (including phenoxy) is 1. The fraction of sp³-hybridized carbons (Fsp3) is 0.621. The first kappa shape index (κ1) is 27.6. The van der Waals surface area contributed by atoms with Gasteiger partial charge in [-0.15, -0.1) is 0 Å². The molecule has 2 fully saturated rings. The zero-order valence-electron chi connectivity index (χ0n) is 22.3. The van der Waals surface area contributed by atoms with E-state index in [0.29, 0.717) is 34.9 Å². The maximum Gasteiger partial charge on any atom is 0.305 e. The van der Waals surface area contributed by atoms with Gasteiger partial charge in [-0.25, -0.2) is 0 Å². The van der Waals surface area contributed by atoms with Gasteiger partial charge in [-0.1, -0.05) is 36.7 Å². The van der Waals surface area contributed by atoms with Crippen molar-refractivity contribution in [2.75, 3.05) is 19.0 Å². The Bertz CT molecular complexity index is 1120. The highest BCUT2D eigenvalue weighted by atomic mass is 35.5. The number of nitrogens with one attached hydrogen (secondary N) is 1. The summed E-state index contributed by atoms with van der Waals surface area (Å²) in [5, 5.41) is 17.6. The number of aliphatic hydroxyl groups is 1. The molecule has 0 bridgehead atoms. The first-order valence-corrected chi connectivity index (χ1v) is 13.7. The zero-order valence-corrected chi connectivity index (χ0v) is 23.1. The predicted octanol–water partition coefficient (Wildman–Crippen LogP) is 6.48. The van der Waals surface area contributed by atoms with Crippen LogP contribution in [0.25, 0.3) is 0 Å². The first-order valence-electron chi connectivity index (χ1n) is 13.3. The van der Waals surface area contributed by atoms with E-state index in [9.17, 15) is 14.7 Å². The van der Waals surface area contributed by atoms with Crippen LogP contribution < -0.4 is 5.32 Å². The first-order chi connectivity index (χ1) is 17.6. The quantitative estimate of drug-likeness (QED) is 0.304. The van der Waals surface area contributed by atoms with Gasteiger partial charge in [0.1, 0.15) is 5.76 Å². The maximum absolute atomic E-state index is 13.1. The lowest BCUT2D eigenvalue weighted by atomic mass is 9.66. The number of amides is 1. The minimum atomic E-state index is -0.308. The van der Waals surface area contributed by atoms with Crippen LogP contribution in [0.5, 0.6) is 0 Å². The molecule has 0 aliphatic heterocycles. The molecule has 37 heavy (non-hydrogen) atoms. The molecule has 0 radical (unpaired) electrons. The number of aromatic nitrogens is 1. The average Bonchev–Trinajstić information content (AvgIpc) is 3.58. The van der Waals surface area contributed by atoms with Gasteiger partial charge in [0.05, 0.1) is 23.5 Å². The lowest BCUT2D eigenvalue weighted by Crippen LogP contribution is -2.29. The van der Waals surface area contributed by atoms with Gasteiger partial charge in [-0.2, -0.15) is 0 Å². The summed E-state index contributed by atoms with van der Waals surface area (Å²) in [6.45, 7) is 6.33. The second kappa shape index (κ2) is 11.6. The lowest BCUT2D eigenvalue weighted by Gasteiger charge is -2.38. The van der Waals surface area contributed by atoms with Crippen LogP contribution in [-0.4, -0.2) is 35.9 Å². The monoisotopic (exact) mass is 530 g/mol. The molecule has 0 unspecified atom stereocenters. The molecule has 2 N–H and O–H groups in total. The molecule has 1 heterocycles. The molecule has 2 saturated carbocycles. The summed E-state index contributed by atoms with van der Waals surface area (Å²) >= 11 is 6.33.